The fraction of sp³-hybridized carbons (Fsp3) is 0.385. The van der Waals surface area contributed by atoms with Crippen molar-refractivity contribution in [2.45, 2.75) is 25.5 Å². The highest BCUT2D eigenvalue weighted by atomic mass is 16.5. The van der Waals surface area contributed by atoms with Crippen LogP contribution in [0, 0.1) is 0 Å². The second-order valence-corrected chi connectivity index (χ2v) is 4.28. The van der Waals surface area contributed by atoms with E-state index in [-0.39, 0.29) is 0 Å². The third-order valence-electron chi connectivity index (χ3n) is 3.06. The maximum Gasteiger partial charge on any atom is 0.141 e. The van der Waals surface area contributed by atoms with Crippen molar-refractivity contribution in [3.8, 4) is 11.4 Å². The number of rotatable bonds is 3. The average Bonchev–Trinajstić information content (AvgIpc) is 3.02. The Hall–Kier alpha value is -1.68. The second-order valence-electron chi connectivity index (χ2n) is 4.28. The van der Waals surface area contributed by atoms with Crippen LogP contribution in [0.3, 0.4) is 0 Å². The number of imidazole rings is 1. The molecule has 0 N–H and O–H groups in total. The highest BCUT2D eigenvalue weighted by Crippen LogP contribution is 2.19. The number of pyridine rings is 1. The van der Waals surface area contributed by atoms with Gasteiger partial charge in [-0.25, -0.2) is 4.98 Å². The minimum Gasteiger partial charge on any atom is -0.376 e. The van der Waals surface area contributed by atoms with Crippen LogP contribution >= 0.6 is 0 Å². The summed E-state index contributed by atoms with van der Waals surface area (Å²) >= 11 is 0. The predicted octanol–water partition coefficient (Wildman–Crippen LogP) is 2.12. The summed E-state index contributed by atoms with van der Waals surface area (Å²) < 4.78 is 7.80. The lowest BCUT2D eigenvalue weighted by molar-refractivity contribution is 0.0974. The van der Waals surface area contributed by atoms with Gasteiger partial charge < -0.3 is 9.30 Å². The largest absolute Gasteiger partial charge is 0.376 e. The Balaban J connectivity index is 1.84. The Morgan fingerprint density at radius 1 is 1.41 bits per heavy atom. The second kappa shape index (κ2) is 4.67. The predicted molar refractivity (Wildman–Crippen MR) is 64.4 cm³/mol. The van der Waals surface area contributed by atoms with Crippen molar-refractivity contribution < 1.29 is 4.74 Å². The van der Waals surface area contributed by atoms with Crippen LogP contribution in [-0.2, 0) is 11.3 Å². The molecule has 1 atom stereocenters. The topological polar surface area (TPSA) is 39.9 Å². The molecule has 1 aliphatic heterocycles. The van der Waals surface area contributed by atoms with E-state index in [9.17, 15) is 0 Å². The van der Waals surface area contributed by atoms with Crippen molar-refractivity contribution in [1.29, 1.82) is 0 Å². The van der Waals surface area contributed by atoms with Gasteiger partial charge in [0.05, 0.1) is 12.6 Å². The van der Waals surface area contributed by atoms with Crippen LogP contribution in [-0.4, -0.2) is 27.2 Å². The van der Waals surface area contributed by atoms with E-state index in [1.165, 1.54) is 6.42 Å². The molecule has 2 aromatic rings. The van der Waals surface area contributed by atoms with Gasteiger partial charge in [-0.05, 0) is 25.0 Å². The first kappa shape index (κ1) is 10.5. The molecule has 0 spiro atoms. The molecule has 17 heavy (non-hydrogen) atoms. The summed E-state index contributed by atoms with van der Waals surface area (Å²) in [6, 6.07) is 3.96. The first-order valence-corrected chi connectivity index (χ1v) is 5.96. The molecule has 0 aromatic carbocycles. The van der Waals surface area contributed by atoms with Crippen molar-refractivity contribution in [1.82, 2.24) is 14.5 Å². The number of ether oxygens (including phenoxy) is 1. The van der Waals surface area contributed by atoms with E-state index in [0.717, 1.165) is 31.0 Å². The van der Waals surface area contributed by atoms with Crippen LogP contribution in [0.4, 0.5) is 0 Å². The fourth-order valence-electron chi connectivity index (χ4n) is 2.22. The molecule has 0 unspecified atom stereocenters. The van der Waals surface area contributed by atoms with Gasteiger partial charge in [0, 0.05) is 37.0 Å². The van der Waals surface area contributed by atoms with Crippen molar-refractivity contribution in [2.75, 3.05) is 6.61 Å². The summed E-state index contributed by atoms with van der Waals surface area (Å²) in [4.78, 5) is 8.52. The molecule has 4 heteroatoms. The molecular formula is C13H15N3O. The molecule has 88 valence electrons. The summed E-state index contributed by atoms with van der Waals surface area (Å²) in [6.07, 6.45) is 10.1. The molecule has 4 nitrogen and oxygen atoms in total. The third-order valence-corrected chi connectivity index (χ3v) is 3.06. The fourth-order valence-corrected chi connectivity index (χ4v) is 2.22. The van der Waals surface area contributed by atoms with Crippen LogP contribution in [0.5, 0.6) is 0 Å². The van der Waals surface area contributed by atoms with Gasteiger partial charge in [-0.15, -0.1) is 0 Å². The lowest BCUT2D eigenvalue weighted by Gasteiger charge is -2.12. The van der Waals surface area contributed by atoms with Crippen LogP contribution in [0.2, 0.25) is 0 Å². The quantitative estimate of drug-likeness (QED) is 0.809. The summed E-state index contributed by atoms with van der Waals surface area (Å²) in [6.45, 7) is 1.77. The normalized spacial score (nSPS) is 19.6. The van der Waals surface area contributed by atoms with Crippen molar-refractivity contribution >= 4 is 0 Å². The zero-order valence-corrected chi connectivity index (χ0v) is 9.62. The van der Waals surface area contributed by atoms with Gasteiger partial charge in [0.15, 0.2) is 0 Å². The van der Waals surface area contributed by atoms with Crippen LogP contribution < -0.4 is 0 Å². The molecule has 0 bridgehead atoms. The molecule has 0 radical (unpaired) electrons. The van der Waals surface area contributed by atoms with Gasteiger partial charge >= 0.3 is 0 Å². The molecule has 1 fully saturated rings. The number of hydrogen-bond donors (Lipinski definition) is 0. The van der Waals surface area contributed by atoms with Crippen molar-refractivity contribution in [3.05, 3.63) is 36.9 Å². The molecule has 3 heterocycles. The Kier molecular flexibility index (Phi) is 2.88. The molecular weight excluding hydrogens is 214 g/mol. The van der Waals surface area contributed by atoms with E-state index >= 15 is 0 Å². The summed E-state index contributed by atoms with van der Waals surface area (Å²) in [7, 11) is 0. The molecule has 0 amide bonds. The van der Waals surface area contributed by atoms with Gasteiger partial charge in [0.25, 0.3) is 0 Å². The monoisotopic (exact) mass is 229 g/mol. The van der Waals surface area contributed by atoms with E-state index in [4.69, 9.17) is 4.74 Å². The number of aromatic nitrogens is 3. The van der Waals surface area contributed by atoms with Gasteiger partial charge in [0.2, 0.25) is 0 Å². The maximum absolute atomic E-state index is 5.65. The standard InChI is InChI=1S/C13H15N3O/c1-3-11(9-14-5-1)13-15-6-7-16(13)10-12-4-2-8-17-12/h1,3,5-7,9,12H,2,4,8,10H2/t12-/m0/s1. The van der Waals surface area contributed by atoms with Crippen LogP contribution in [0.1, 0.15) is 12.8 Å². The van der Waals surface area contributed by atoms with Crippen molar-refractivity contribution in [3.63, 3.8) is 0 Å². The average molecular weight is 229 g/mol. The number of hydrogen-bond acceptors (Lipinski definition) is 3. The lowest BCUT2D eigenvalue weighted by Crippen LogP contribution is -2.15. The first-order chi connectivity index (χ1) is 8.43. The highest BCUT2D eigenvalue weighted by Gasteiger charge is 2.17. The summed E-state index contributed by atoms with van der Waals surface area (Å²) in [5.74, 6) is 0.966. The van der Waals surface area contributed by atoms with Crippen LogP contribution in [0.15, 0.2) is 36.9 Å². The Bertz CT molecular complexity index is 474. The smallest absolute Gasteiger partial charge is 0.141 e. The van der Waals surface area contributed by atoms with Gasteiger partial charge in [0.1, 0.15) is 5.82 Å². The molecule has 0 aliphatic carbocycles. The Morgan fingerprint density at radius 2 is 2.41 bits per heavy atom. The summed E-state index contributed by atoms with van der Waals surface area (Å²) in [5, 5.41) is 0. The van der Waals surface area contributed by atoms with Crippen LogP contribution in [0.25, 0.3) is 11.4 Å². The Morgan fingerprint density at radius 3 is 3.18 bits per heavy atom. The lowest BCUT2D eigenvalue weighted by atomic mass is 10.2. The van der Waals surface area contributed by atoms with Gasteiger partial charge in [-0.1, -0.05) is 0 Å². The minimum absolute atomic E-state index is 0.333. The zero-order valence-electron chi connectivity index (χ0n) is 9.62. The third kappa shape index (κ3) is 2.22. The maximum atomic E-state index is 5.65. The Labute approximate surface area is 100 Å². The molecule has 3 rings (SSSR count). The molecule has 0 saturated carbocycles. The molecule has 1 saturated heterocycles. The van der Waals surface area contributed by atoms with Gasteiger partial charge in [-0.3, -0.25) is 4.98 Å². The van der Waals surface area contributed by atoms with E-state index in [1.807, 2.05) is 30.7 Å². The van der Waals surface area contributed by atoms with E-state index < -0.39 is 0 Å². The van der Waals surface area contributed by atoms with Gasteiger partial charge in [-0.2, -0.15) is 0 Å². The first-order valence-electron chi connectivity index (χ1n) is 5.96. The SMILES string of the molecule is c1cncc(-c2nccn2C[C@@H]2CCCO2)c1. The molecule has 1 aliphatic rings. The summed E-state index contributed by atoms with van der Waals surface area (Å²) in [5.41, 5.74) is 1.05. The van der Waals surface area contributed by atoms with E-state index in [0.29, 0.717) is 6.10 Å². The minimum atomic E-state index is 0.333. The van der Waals surface area contributed by atoms with E-state index in [1.54, 1.807) is 6.20 Å². The van der Waals surface area contributed by atoms with Crippen molar-refractivity contribution in [2.24, 2.45) is 0 Å². The van der Waals surface area contributed by atoms with E-state index in [2.05, 4.69) is 14.5 Å². The highest BCUT2D eigenvalue weighted by molar-refractivity contribution is 5.53. The number of nitrogens with zero attached hydrogens (tertiary/aromatic N) is 3. The molecule has 2 aromatic heterocycles. The zero-order chi connectivity index (χ0) is 11.5.